The number of halogens is 1. The number of nitrogens with zero attached hydrogens (tertiary/aromatic N) is 1. The van der Waals surface area contributed by atoms with Gasteiger partial charge in [-0.2, -0.15) is 0 Å². The molecule has 118 valence electrons. The molecule has 0 aliphatic carbocycles. The molecule has 1 aromatic carbocycles. The fraction of sp³-hybridized carbons (Fsp3) is 0.389. The highest BCUT2D eigenvalue weighted by atomic mass is 19.1. The molecule has 0 amide bonds. The molecule has 2 aromatic rings. The Morgan fingerprint density at radius 1 is 1.23 bits per heavy atom. The first-order valence-corrected chi connectivity index (χ1v) is 7.41. The zero-order chi connectivity index (χ0) is 16.5. The minimum Gasteiger partial charge on any atom is -0.462 e. The van der Waals surface area contributed by atoms with Crippen molar-refractivity contribution in [2.24, 2.45) is 0 Å². The van der Waals surface area contributed by atoms with E-state index in [0.717, 1.165) is 17.1 Å². The van der Waals surface area contributed by atoms with Gasteiger partial charge in [0.05, 0.1) is 12.2 Å². The summed E-state index contributed by atoms with van der Waals surface area (Å²) < 4.78 is 20.3. The van der Waals surface area contributed by atoms with Crippen LogP contribution in [-0.2, 0) is 10.2 Å². The Balaban J connectivity index is 2.65. The maximum absolute atomic E-state index is 13.2. The third kappa shape index (κ3) is 3.06. The topological polar surface area (TPSA) is 31.2 Å². The highest BCUT2D eigenvalue weighted by molar-refractivity contribution is 5.91. The Labute approximate surface area is 130 Å². The Morgan fingerprint density at radius 3 is 2.32 bits per heavy atom. The Hall–Kier alpha value is -2.10. The maximum atomic E-state index is 13.2. The first kappa shape index (κ1) is 16.3. The van der Waals surface area contributed by atoms with Gasteiger partial charge in [0.25, 0.3) is 0 Å². The molecule has 0 unspecified atom stereocenters. The lowest BCUT2D eigenvalue weighted by Gasteiger charge is -2.22. The number of ether oxygens (including phenoxy) is 1. The lowest BCUT2D eigenvalue weighted by atomic mass is 9.91. The van der Waals surface area contributed by atoms with E-state index in [2.05, 4.69) is 20.8 Å². The molecule has 0 fully saturated rings. The summed E-state index contributed by atoms with van der Waals surface area (Å²) in [5.41, 5.74) is 3.01. The van der Waals surface area contributed by atoms with E-state index < -0.39 is 0 Å². The van der Waals surface area contributed by atoms with Crippen molar-refractivity contribution in [3.8, 4) is 5.69 Å². The second-order valence-corrected chi connectivity index (χ2v) is 6.31. The van der Waals surface area contributed by atoms with Crippen LogP contribution in [-0.4, -0.2) is 17.1 Å². The van der Waals surface area contributed by atoms with Crippen LogP contribution in [0.4, 0.5) is 4.39 Å². The van der Waals surface area contributed by atoms with Gasteiger partial charge in [-0.05, 0) is 44.2 Å². The Morgan fingerprint density at radius 2 is 1.82 bits per heavy atom. The van der Waals surface area contributed by atoms with E-state index in [-0.39, 0.29) is 17.2 Å². The predicted molar refractivity (Wildman–Crippen MR) is 85.1 cm³/mol. The standard InChI is InChI=1S/C18H22FNO2/c1-6-22-17(21)15-11-16(18(3,4)5)20(12(15)2)14-9-7-13(19)8-10-14/h7-11H,6H2,1-5H3. The quantitative estimate of drug-likeness (QED) is 0.787. The van der Waals surface area contributed by atoms with Gasteiger partial charge in [0.1, 0.15) is 5.82 Å². The summed E-state index contributed by atoms with van der Waals surface area (Å²) >= 11 is 0. The van der Waals surface area contributed by atoms with Crippen LogP contribution in [0.2, 0.25) is 0 Å². The largest absolute Gasteiger partial charge is 0.462 e. The van der Waals surface area contributed by atoms with Gasteiger partial charge in [-0.3, -0.25) is 0 Å². The summed E-state index contributed by atoms with van der Waals surface area (Å²) in [7, 11) is 0. The van der Waals surface area contributed by atoms with Crippen LogP contribution in [0.1, 0.15) is 49.4 Å². The summed E-state index contributed by atoms with van der Waals surface area (Å²) in [4.78, 5) is 12.1. The average Bonchev–Trinajstić information content (AvgIpc) is 2.78. The molecule has 1 heterocycles. The molecule has 0 saturated heterocycles. The first-order chi connectivity index (χ1) is 10.3. The second kappa shape index (κ2) is 5.95. The molecule has 4 heteroatoms. The van der Waals surface area contributed by atoms with Gasteiger partial charge in [0.2, 0.25) is 0 Å². The van der Waals surface area contributed by atoms with Gasteiger partial charge in [0.15, 0.2) is 0 Å². The minimum atomic E-state index is -0.327. The molecular weight excluding hydrogens is 281 g/mol. The summed E-state index contributed by atoms with van der Waals surface area (Å²) in [6.07, 6.45) is 0. The molecule has 0 saturated carbocycles. The van der Waals surface area contributed by atoms with Gasteiger partial charge in [-0.25, -0.2) is 9.18 Å². The number of carbonyl (C=O) groups excluding carboxylic acids is 1. The van der Waals surface area contributed by atoms with Crippen LogP contribution < -0.4 is 0 Å². The third-order valence-electron chi connectivity index (χ3n) is 3.60. The number of aromatic nitrogens is 1. The molecular formula is C18H22FNO2. The predicted octanol–water partition coefficient (Wildman–Crippen LogP) is 4.40. The number of rotatable bonds is 3. The highest BCUT2D eigenvalue weighted by Crippen LogP contribution is 2.31. The fourth-order valence-corrected chi connectivity index (χ4v) is 2.50. The van der Waals surface area contributed by atoms with E-state index >= 15 is 0 Å². The SMILES string of the molecule is CCOC(=O)c1cc(C(C)(C)C)n(-c2ccc(F)cc2)c1C. The van der Waals surface area contributed by atoms with Crippen LogP contribution in [0.5, 0.6) is 0 Å². The number of hydrogen-bond donors (Lipinski definition) is 0. The molecule has 0 N–H and O–H groups in total. The van der Waals surface area contributed by atoms with Crippen molar-refractivity contribution in [2.75, 3.05) is 6.61 Å². The fourth-order valence-electron chi connectivity index (χ4n) is 2.50. The number of hydrogen-bond acceptors (Lipinski definition) is 2. The highest BCUT2D eigenvalue weighted by Gasteiger charge is 2.26. The van der Waals surface area contributed by atoms with E-state index in [4.69, 9.17) is 4.74 Å². The van der Waals surface area contributed by atoms with E-state index in [0.29, 0.717) is 12.2 Å². The van der Waals surface area contributed by atoms with E-state index in [1.807, 2.05) is 17.6 Å². The molecule has 0 radical (unpaired) electrons. The van der Waals surface area contributed by atoms with Gasteiger partial charge in [-0.1, -0.05) is 20.8 Å². The summed E-state index contributed by atoms with van der Waals surface area (Å²) in [5.74, 6) is -0.608. The summed E-state index contributed by atoms with van der Waals surface area (Å²) in [6, 6.07) is 8.15. The van der Waals surface area contributed by atoms with Gasteiger partial charge >= 0.3 is 5.97 Å². The number of carbonyl (C=O) groups is 1. The van der Waals surface area contributed by atoms with Crippen molar-refractivity contribution >= 4 is 5.97 Å². The zero-order valence-corrected chi connectivity index (χ0v) is 13.7. The van der Waals surface area contributed by atoms with Crippen LogP contribution in [0, 0.1) is 12.7 Å². The van der Waals surface area contributed by atoms with Crippen molar-refractivity contribution in [1.29, 1.82) is 0 Å². The van der Waals surface area contributed by atoms with Gasteiger partial charge in [-0.15, -0.1) is 0 Å². The van der Waals surface area contributed by atoms with Crippen LogP contribution in [0.25, 0.3) is 5.69 Å². The van der Waals surface area contributed by atoms with Crippen molar-refractivity contribution in [2.45, 2.75) is 40.0 Å². The smallest absolute Gasteiger partial charge is 0.339 e. The maximum Gasteiger partial charge on any atom is 0.339 e. The van der Waals surface area contributed by atoms with Crippen LogP contribution >= 0.6 is 0 Å². The molecule has 3 nitrogen and oxygen atoms in total. The summed E-state index contributed by atoms with van der Waals surface area (Å²) in [6.45, 7) is 10.2. The zero-order valence-electron chi connectivity index (χ0n) is 13.7. The Kier molecular flexibility index (Phi) is 4.40. The molecule has 2 rings (SSSR count). The van der Waals surface area contributed by atoms with Crippen molar-refractivity contribution in [3.05, 3.63) is 53.1 Å². The van der Waals surface area contributed by atoms with Crippen LogP contribution in [0.15, 0.2) is 30.3 Å². The van der Waals surface area contributed by atoms with E-state index in [1.165, 1.54) is 12.1 Å². The normalized spacial score (nSPS) is 11.5. The number of esters is 1. The molecule has 22 heavy (non-hydrogen) atoms. The molecule has 0 spiro atoms. The Bertz CT molecular complexity index is 678. The lowest BCUT2D eigenvalue weighted by Crippen LogP contribution is -2.17. The summed E-state index contributed by atoms with van der Waals surface area (Å²) in [5, 5.41) is 0. The molecule has 0 atom stereocenters. The molecule has 1 aromatic heterocycles. The van der Waals surface area contributed by atoms with Crippen molar-refractivity contribution < 1.29 is 13.9 Å². The minimum absolute atomic E-state index is 0.163. The third-order valence-corrected chi connectivity index (χ3v) is 3.60. The molecule has 0 aliphatic heterocycles. The van der Waals surface area contributed by atoms with E-state index in [1.54, 1.807) is 19.1 Å². The monoisotopic (exact) mass is 303 g/mol. The first-order valence-electron chi connectivity index (χ1n) is 7.41. The van der Waals surface area contributed by atoms with Crippen molar-refractivity contribution in [1.82, 2.24) is 4.57 Å². The average molecular weight is 303 g/mol. The van der Waals surface area contributed by atoms with Crippen molar-refractivity contribution in [3.63, 3.8) is 0 Å². The second-order valence-electron chi connectivity index (χ2n) is 6.31. The van der Waals surface area contributed by atoms with Gasteiger partial charge in [0, 0.05) is 22.5 Å². The molecule has 0 bridgehead atoms. The van der Waals surface area contributed by atoms with E-state index in [9.17, 15) is 9.18 Å². The number of benzene rings is 1. The molecule has 0 aliphatic rings. The lowest BCUT2D eigenvalue weighted by molar-refractivity contribution is 0.0525. The van der Waals surface area contributed by atoms with Crippen LogP contribution in [0.3, 0.4) is 0 Å². The van der Waals surface area contributed by atoms with Gasteiger partial charge < -0.3 is 9.30 Å².